The third kappa shape index (κ3) is 5.99. The maximum absolute atomic E-state index is 6.13. The van der Waals surface area contributed by atoms with Crippen molar-refractivity contribution in [1.82, 2.24) is 0 Å². The van der Waals surface area contributed by atoms with Crippen molar-refractivity contribution in [3.8, 4) is 11.8 Å². The van der Waals surface area contributed by atoms with Gasteiger partial charge in [-0.1, -0.05) is 50.6 Å². The molecule has 0 aromatic carbocycles. The number of hydrogen-bond donors (Lipinski definition) is 0. The minimum atomic E-state index is 0.481. The van der Waals surface area contributed by atoms with E-state index in [-0.39, 0.29) is 0 Å². The lowest BCUT2D eigenvalue weighted by molar-refractivity contribution is 0.0807. The highest BCUT2D eigenvalue weighted by atomic mass is 35.5. The highest BCUT2D eigenvalue weighted by Crippen LogP contribution is 2.27. The van der Waals surface area contributed by atoms with Crippen LogP contribution < -0.4 is 0 Å². The predicted molar refractivity (Wildman–Crippen MR) is 85.1 cm³/mol. The smallest absolute Gasteiger partial charge is 0.109 e. The van der Waals surface area contributed by atoms with Crippen molar-refractivity contribution in [1.29, 1.82) is 0 Å². The van der Waals surface area contributed by atoms with Crippen LogP contribution in [0, 0.1) is 17.8 Å². The van der Waals surface area contributed by atoms with Crippen molar-refractivity contribution in [2.24, 2.45) is 5.92 Å². The first-order valence-electron chi connectivity index (χ1n) is 7.08. The summed E-state index contributed by atoms with van der Waals surface area (Å²) in [6.07, 6.45) is 4.38. The van der Waals surface area contributed by atoms with Crippen molar-refractivity contribution in [3.63, 3.8) is 0 Å². The standard InChI is InChI=1S/C13H15ClOS.C3H8/c1-2-12-9-11(13(14)16-12)4-3-10-5-7-15-8-6-10;1-3-2/h9-10H,2,5-8H2,1H3;3H2,1-2H3. The van der Waals surface area contributed by atoms with Crippen molar-refractivity contribution in [3.05, 3.63) is 20.8 Å². The molecule has 2 heterocycles. The van der Waals surface area contributed by atoms with E-state index in [9.17, 15) is 0 Å². The Morgan fingerprint density at radius 1 is 1.32 bits per heavy atom. The van der Waals surface area contributed by atoms with E-state index in [1.807, 2.05) is 0 Å². The third-order valence-corrected chi connectivity index (χ3v) is 4.22. The van der Waals surface area contributed by atoms with Gasteiger partial charge in [0.2, 0.25) is 0 Å². The van der Waals surface area contributed by atoms with E-state index in [1.54, 1.807) is 11.3 Å². The van der Waals surface area contributed by atoms with E-state index in [0.29, 0.717) is 5.92 Å². The Kier molecular flexibility index (Phi) is 8.21. The van der Waals surface area contributed by atoms with Crippen molar-refractivity contribution in [2.75, 3.05) is 13.2 Å². The van der Waals surface area contributed by atoms with Gasteiger partial charge in [-0.3, -0.25) is 0 Å². The molecule has 0 spiro atoms. The molecule has 1 aliphatic heterocycles. The summed E-state index contributed by atoms with van der Waals surface area (Å²) in [5.41, 5.74) is 0.995. The van der Waals surface area contributed by atoms with Gasteiger partial charge in [0.25, 0.3) is 0 Å². The van der Waals surface area contributed by atoms with Crippen molar-refractivity contribution in [2.45, 2.75) is 46.5 Å². The Labute approximate surface area is 126 Å². The largest absolute Gasteiger partial charge is 0.381 e. The molecule has 1 aliphatic rings. The van der Waals surface area contributed by atoms with Crippen LogP contribution in [0.1, 0.15) is 50.5 Å². The van der Waals surface area contributed by atoms with Crippen LogP contribution in [0.5, 0.6) is 0 Å². The third-order valence-electron chi connectivity index (χ3n) is 2.72. The summed E-state index contributed by atoms with van der Waals surface area (Å²) >= 11 is 7.77. The molecule has 3 heteroatoms. The first-order valence-corrected chi connectivity index (χ1v) is 8.28. The number of thiophene rings is 1. The van der Waals surface area contributed by atoms with Crippen LogP contribution in [0.3, 0.4) is 0 Å². The van der Waals surface area contributed by atoms with Gasteiger partial charge in [-0.15, -0.1) is 11.3 Å². The fourth-order valence-corrected chi connectivity index (χ4v) is 2.87. The molecule has 1 nitrogen and oxygen atoms in total. The second-order valence-electron chi connectivity index (χ2n) is 4.62. The zero-order chi connectivity index (χ0) is 14.1. The van der Waals surface area contributed by atoms with Crippen LogP contribution in [-0.2, 0) is 11.2 Å². The van der Waals surface area contributed by atoms with Crippen molar-refractivity contribution >= 4 is 22.9 Å². The van der Waals surface area contributed by atoms with Crippen LogP contribution in [0.2, 0.25) is 4.34 Å². The summed E-state index contributed by atoms with van der Waals surface area (Å²) in [4.78, 5) is 1.31. The molecule has 19 heavy (non-hydrogen) atoms. The molecule has 0 aliphatic carbocycles. The Morgan fingerprint density at radius 2 is 1.95 bits per heavy atom. The highest BCUT2D eigenvalue weighted by Gasteiger charge is 2.10. The van der Waals surface area contributed by atoms with E-state index >= 15 is 0 Å². The Morgan fingerprint density at radius 3 is 2.47 bits per heavy atom. The molecule has 1 aromatic rings. The zero-order valence-electron chi connectivity index (χ0n) is 12.1. The quantitative estimate of drug-likeness (QED) is 0.651. The topological polar surface area (TPSA) is 9.23 Å². The number of halogens is 1. The molecule has 0 radical (unpaired) electrons. The Hall–Kier alpha value is -0.490. The number of hydrogen-bond acceptors (Lipinski definition) is 2. The first kappa shape index (κ1) is 16.6. The molecule has 0 amide bonds. The normalized spacial score (nSPS) is 15.2. The van der Waals surface area contributed by atoms with Gasteiger partial charge in [-0.05, 0) is 25.3 Å². The van der Waals surface area contributed by atoms with Gasteiger partial charge in [-0.25, -0.2) is 0 Å². The molecule has 1 saturated heterocycles. The molecular weight excluding hydrogens is 276 g/mol. The summed E-state index contributed by atoms with van der Waals surface area (Å²) in [5.74, 6) is 7.00. The average molecular weight is 299 g/mol. The van der Waals surface area contributed by atoms with Gasteiger partial charge in [0.1, 0.15) is 4.34 Å². The van der Waals surface area contributed by atoms with Gasteiger partial charge in [-0.2, -0.15) is 0 Å². The SMILES string of the molecule is CCC.CCc1cc(C#CC2CCOCC2)c(Cl)s1. The van der Waals surface area contributed by atoms with E-state index in [2.05, 4.69) is 38.7 Å². The maximum atomic E-state index is 6.13. The summed E-state index contributed by atoms with van der Waals surface area (Å²) < 4.78 is 6.14. The molecule has 106 valence electrons. The van der Waals surface area contributed by atoms with Gasteiger partial charge in [0.05, 0.1) is 5.56 Å². The van der Waals surface area contributed by atoms with Crippen LogP contribution in [-0.4, -0.2) is 13.2 Å². The predicted octanol–water partition coefficient (Wildman–Crippen LogP) is 5.16. The maximum Gasteiger partial charge on any atom is 0.109 e. The van der Waals surface area contributed by atoms with Crippen molar-refractivity contribution < 1.29 is 4.74 Å². The zero-order valence-corrected chi connectivity index (χ0v) is 13.7. The molecule has 0 atom stereocenters. The number of aryl methyl sites for hydroxylation is 1. The Balaban J connectivity index is 0.000000550. The second kappa shape index (κ2) is 9.42. The Bertz CT molecular complexity index is 422. The molecule has 0 saturated carbocycles. The summed E-state index contributed by atoms with van der Waals surface area (Å²) in [6.45, 7) is 8.08. The van der Waals surface area contributed by atoms with Gasteiger partial charge in [0.15, 0.2) is 0 Å². The fraction of sp³-hybridized carbons (Fsp3) is 0.625. The van der Waals surface area contributed by atoms with E-state index in [4.69, 9.17) is 16.3 Å². The number of rotatable bonds is 1. The lowest BCUT2D eigenvalue weighted by Gasteiger charge is -2.16. The number of ether oxygens (including phenoxy) is 1. The molecule has 1 aromatic heterocycles. The summed E-state index contributed by atoms with van der Waals surface area (Å²) in [5, 5.41) is 0. The van der Waals surface area contributed by atoms with Crippen LogP contribution in [0.4, 0.5) is 0 Å². The molecule has 2 rings (SSSR count). The fourth-order valence-electron chi connectivity index (χ4n) is 1.70. The van der Waals surface area contributed by atoms with E-state index in [1.165, 1.54) is 11.3 Å². The second-order valence-corrected chi connectivity index (χ2v) is 6.36. The summed E-state index contributed by atoms with van der Waals surface area (Å²) in [7, 11) is 0. The molecular formula is C16H23ClOS. The van der Waals surface area contributed by atoms with E-state index in [0.717, 1.165) is 42.4 Å². The molecule has 0 bridgehead atoms. The monoisotopic (exact) mass is 298 g/mol. The average Bonchev–Trinajstić information content (AvgIpc) is 2.79. The minimum Gasteiger partial charge on any atom is -0.381 e. The van der Waals surface area contributed by atoms with Crippen LogP contribution in [0.15, 0.2) is 6.07 Å². The lowest BCUT2D eigenvalue weighted by Crippen LogP contribution is -2.13. The minimum absolute atomic E-state index is 0.481. The van der Waals surface area contributed by atoms with Gasteiger partial charge < -0.3 is 4.74 Å². The highest BCUT2D eigenvalue weighted by molar-refractivity contribution is 7.16. The lowest BCUT2D eigenvalue weighted by atomic mass is 10.0. The van der Waals surface area contributed by atoms with E-state index < -0.39 is 0 Å². The molecule has 0 unspecified atom stereocenters. The molecule has 1 fully saturated rings. The van der Waals surface area contributed by atoms with Gasteiger partial charge in [0, 0.05) is 24.0 Å². The molecule has 0 N–H and O–H groups in total. The summed E-state index contributed by atoms with van der Waals surface area (Å²) in [6, 6.07) is 2.11. The first-order chi connectivity index (χ1) is 9.21. The van der Waals surface area contributed by atoms with Crippen LogP contribution in [0.25, 0.3) is 0 Å². The van der Waals surface area contributed by atoms with Gasteiger partial charge >= 0.3 is 0 Å². The van der Waals surface area contributed by atoms with Crippen LogP contribution >= 0.6 is 22.9 Å².